The number of hydrogen-bond donors (Lipinski definition) is 2. The van der Waals surface area contributed by atoms with Crippen LogP contribution in [0.25, 0.3) is 11.0 Å². The van der Waals surface area contributed by atoms with Crippen molar-refractivity contribution in [3.8, 4) is 0 Å². The van der Waals surface area contributed by atoms with Gasteiger partial charge in [0.15, 0.2) is 0 Å². The molecule has 0 fully saturated rings. The topological polar surface area (TPSA) is 75.1 Å². The Kier molecular flexibility index (Phi) is 2.07. The zero-order valence-electron chi connectivity index (χ0n) is 8.15. The minimum Gasteiger partial charge on any atom is -0.481 e. The summed E-state index contributed by atoms with van der Waals surface area (Å²) in [5.41, 5.74) is 1.93. The van der Waals surface area contributed by atoms with Crippen molar-refractivity contribution in [1.29, 1.82) is 0 Å². The van der Waals surface area contributed by atoms with Gasteiger partial charge >= 0.3 is 11.7 Å². The van der Waals surface area contributed by atoms with Gasteiger partial charge in [0.2, 0.25) is 0 Å². The highest BCUT2D eigenvalue weighted by Gasteiger charge is 2.05. The fourth-order valence-electron chi connectivity index (χ4n) is 1.55. The highest BCUT2D eigenvalue weighted by Crippen LogP contribution is 2.12. The molecule has 0 saturated heterocycles. The molecule has 15 heavy (non-hydrogen) atoms. The molecule has 0 aliphatic heterocycles. The molecule has 0 saturated carbocycles. The molecule has 0 spiro atoms. The average Bonchev–Trinajstić information content (AvgIpc) is 2.43. The third-order valence-electron chi connectivity index (χ3n) is 2.33. The molecular formula is C10H10N2O3. The van der Waals surface area contributed by atoms with Crippen molar-refractivity contribution in [2.24, 2.45) is 7.05 Å². The first-order valence-electron chi connectivity index (χ1n) is 4.47. The Bertz CT molecular complexity index is 580. The van der Waals surface area contributed by atoms with E-state index in [0.29, 0.717) is 5.56 Å². The molecule has 0 radical (unpaired) electrons. The van der Waals surface area contributed by atoms with Crippen LogP contribution in [0, 0.1) is 0 Å². The van der Waals surface area contributed by atoms with E-state index in [1.54, 1.807) is 25.2 Å². The van der Waals surface area contributed by atoms with Gasteiger partial charge in [-0.2, -0.15) is 0 Å². The predicted molar refractivity (Wildman–Crippen MR) is 54.9 cm³/mol. The van der Waals surface area contributed by atoms with E-state index in [1.165, 1.54) is 4.57 Å². The second kappa shape index (κ2) is 3.27. The van der Waals surface area contributed by atoms with Crippen LogP contribution >= 0.6 is 0 Å². The first-order valence-corrected chi connectivity index (χ1v) is 4.47. The summed E-state index contributed by atoms with van der Waals surface area (Å²) >= 11 is 0. The van der Waals surface area contributed by atoms with E-state index in [1.807, 2.05) is 0 Å². The molecule has 2 aromatic rings. The van der Waals surface area contributed by atoms with Gasteiger partial charge in [-0.05, 0) is 17.7 Å². The van der Waals surface area contributed by atoms with Crippen molar-refractivity contribution < 1.29 is 9.90 Å². The fourth-order valence-corrected chi connectivity index (χ4v) is 1.55. The molecule has 0 unspecified atom stereocenters. The van der Waals surface area contributed by atoms with Crippen LogP contribution in [-0.2, 0) is 18.3 Å². The number of carboxylic acids is 1. The number of rotatable bonds is 2. The van der Waals surface area contributed by atoms with Crippen molar-refractivity contribution in [3.63, 3.8) is 0 Å². The van der Waals surface area contributed by atoms with Crippen LogP contribution < -0.4 is 5.69 Å². The molecule has 2 rings (SSSR count). The van der Waals surface area contributed by atoms with Crippen LogP contribution in [0.3, 0.4) is 0 Å². The number of benzene rings is 1. The van der Waals surface area contributed by atoms with Crippen LogP contribution in [0.2, 0.25) is 0 Å². The molecule has 0 aliphatic rings. The van der Waals surface area contributed by atoms with E-state index >= 15 is 0 Å². The number of aryl methyl sites for hydroxylation is 1. The molecule has 1 aromatic heterocycles. The maximum absolute atomic E-state index is 11.3. The van der Waals surface area contributed by atoms with Gasteiger partial charge < -0.3 is 10.1 Å². The van der Waals surface area contributed by atoms with Gasteiger partial charge in [0.25, 0.3) is 0 Å². The standard InChI is InChI=1S/C10H10N2O3/c1-12-8-4-6(5-9(13)14)2-3-7(8)11-10(12)15/h2-4H,5H2,1H3,(H,11,15)(H,13,14). The molecule has 0 atom stereocenters. The van der Waals surface area contributed by atoms with Gasteiger partial charge in [-0.15, -0.1) is 0 Å². The lowest BCUT2D eigenvalue weighted by Gasteiger charge is -1.98. The maximum Gasteiger partial charge on any atom is 0.326 e. The lowest BCUT2D eigenvalue weighted by atomic mass is 10.1. The SMILES string of the molecule is Cn1c(=O)[nH]c2ccc(CC(=O)O)cc21. The monoisotopic (exact) mass is 206 g/mol. The lowest BCUT2D eigenvalue weighted by Crippen LogP contribution is -2.11. The minimum atomic E-state index is -0.880. The summed E-state index contributed by atoms with van der Waals surface area (Å²) in [6.45, 7) is 0. The Morgan fingerprint density at radius 2 is 2.27 bits per heavy atom. The molecule has 1 heterocycles. The molecule has 2 N–H and O–H groups in total. The number of carbonyl (C=O) groups is 1. The van der Waals surface area contributed by atoms with Crippen molar-refractivity contribution in [3.05, 3.63) is 34.2 Å². The highest BCUT2D eigenvalue weighted by molar-refractivity contribution is 5.78. The van der Waals surface area contributed by atoms with Crippen LogP contribution in [0.5, 0.6) is 0 Å². The van der Waals surface area contributed by atoms with E-state index in [0.717, 1.165) is 11.0 Å². The van der Waals surface area contributed by atoms with Crippen LogP contribution in [-0.4, -0.2) is 20.6 Å². The summed E-state index contributed by atoms with van der Waals surface area (Å²) in [6.07, 6.45) is -0.0324. The van der Waals surface area contributed by atoms with Gasteiger partial charge in [0.1, 0.15) is 0 Å². The molecule has 78 valence electrons. The summed E-state index contributed by atoms with van der Waals surface area (Å²) in [6, 6.07) is 5.13. The number of aromatic amines is 1. The number of nitrogens with zero attached hydrogens (tertiary/aromatic N) is 1. The van der Waals surface area contributed by atoms with Gasteiger partial charge in [0.05, 0.1) is 17.5 Å². The summed E-state index contributed by atoms with van der Waals surface area (Å²) < 4.78 is 1.46. The highest BCUT2D eigenvalue weighted by atomic mass is 16.4. The number of hydrogen-bond acceptors (Lipinski definition) is 2. The third-order valence-corrected chi connectivity index (χ3v) is 2.33. The number of H-pyrrole nitrogens is 1. The Hall–Kier alpha value is -2.04. The smallest absolute Gasteiger partial charge is 0.326 e. The molecule has 0 aliphatic carbocycles. The Morgan fingerprint density at radius 1 is 1.53 bits per heavy atom. The minimum absolute atomic E-state index is 0.0324. The van der Waals surface area contributed by atoms with Crippen molar-refractivity contribution in [1.82, 2.24) is 9.55 Å². The van der Waals surface area contributed by atoms with Gasteiger partial charge in [-0.3, -0.25) is 9.36 Å². The van der Waals surface area contributed by atoms with Gasteiger partial charge in [-0.1, -0.05) is 6.07 Å². The zero-order chi connectivity index (χ0) is 11.0. The van der Waals surface area contributed by atoms with Crippen LogP contribution in [0.1, 0.15) is 5.56 Å². The molecule has 0 bridgehead atoms. The van der Waals surface area contributed by atoms with Crippen LogP contribution in [0.4, 0.5) is 0 Å². The molecule has 0 amide bonds. The number of imidazole rings is 1. The normalized spacial score (nSPS) is 10.7. The first kappa shape index (κ1) is 9.51. The molecule has 1 aromatic carbocycles. The largest absolute Gasteiger partial charge is 0.481 e. The second-order valence-electron chi connectivity index (χ2n) is 3.41. The summed E-state index contributed by atoms with van der Waals surface area (Å²) in [7, 11) is 1.64. The second-order valence-corrected chi connectivity index (χ2v) is 3.41. The molecular weight excluding hydrogens is 196 g/mol. The summed E-state index contributed by atoms with van der Waals surface area (Å²) in [4.78, 5) is 24.4. The Labute approximate surface area is 85.0 Å². The quantitative estimate of drug-likeness (QED) is 0.751. The third kappa shape index (κ3) is 1.63. The average molecular weight is 206 g/mol. The number of aromatic nitrogens is 2. The molecule has 5 heteroatoms. The zero-order valence-corrected chi connectivity index (χ0v) is 8.15. The van der Waals surface area contributed by atoms with E-state index < -0.39 is 5.97 Å². The van der Waals surface area contributed by atoms with Gasteiger partial charge in [-0.25, -0.2) is 4.79 Å². The predicted octanol–water partition coefficient (Wildman–Crippen LogP) is 0.494. The number of carboxylic acid groups (broad SMARTS) is 1. The lowest BCUT2D eigenvalue weighted by molar-refractivity contribution is -0.136. The van der Waals surface area contributed by atoms with Crippen LogP contribution in [0.15, 0.2) is 23.0 Å². The fraction of sp³-hybridized carbons (Fsp3) is 0.200. The number of nitrogens with one attached hydrogen (secondary N) is 1. The first-order chi connectivity index (χ1) is 7.08. The van der Waals surface area contributed by atoms with E-state index in [9.17, 15) is 9.59 Å². The van der Waals surface area contributed by atoms with E-state index in [4.69, 9.17) is 5.11 Å². The summed E-state index contributed by atoms with van der Waals surface area (Å²) in [5, 5.41) is 8.64. The molecule has 5 nitrogen and oxygen atoms in total. The number of fused-ring (bicyclic) bond motifs is 1. The van der Waals surface area contributed by atoms with Crippen molar-refractivity contribution >= 4 is 17.0 Å². The maximum atomic E-state index is 11.3. The Morgan fingerprint density at radius 3 is 2.93 bits per heavy atom. The van der Waals surface area contributed by atoms with Gasteiger partial charge in [0, 0.05) is 7.05 Å². The van der Waals surface area contributed by atoms with Crippen molar-refractivity contribution in [2.45, 2.75) is 6.42 Å². The Balaban J connectivity index is 2.59. The van der Waals surface area contributed by atoms with E-state index in [2.05, 4.69) is 4.98 Å². The number of aliphatic carboxylic acids is 1. The summed E-state index contributed by atoms with van der Waals surface area (Å²) in [5.74, 6) is -0.880. The van der Waals surface area contributed by atoms with E-state index in [-0.39, 0.29) is 12.1 Å². The van der Waals surface area contributed by atoms with Crippen molar-refractivity contribution in [2.75, 3.05) is 0 Å².